The molecule has 27 heavy (non-hydrogen) atoms. The Kier molecular flexibility index (Phi) is 6.36. The first kappa shape index (κ1) is 19.3. The van der Waals surface area contributed by atoms with E-state index in [2.05, 4.69) is 10.3 Å². The van der Waals surface area contributed by atoms with Gasteiger partial charge < -0.3 is 10.1 Å². The third kappa shape index (κ3) is 5.24. The lowest BCUT2D eigenvalue weighted by Crippen LogP contribution is -2.16. The fraction of sp³-hybridized carbons (Fsp3) is 0.211. The third-order valence-corrected chi connectivity index (χ3v) is 4.80. The second kappa shape index (κ2) is 8.92. The van der Waals surface area contributed by atoms with Gasteiger partial charge in [0.15, 0.2) is 0 Å². The van der Waals surface area contributed by atoms with Gasteiger partial charge >= 0.3 is 0 Å². The van der Waals surface area contributed by atoms with Gasteiger partial charge in [0.05, 0.1) is 23.1 Å². The summed E-state index contributed by atoms with van der Waals surface area (Å²) < 4.78 is 6.77. The molecule has 1 N–H and O–H groups in total. The summed E-state index contributed by atoms with van der Waals surface area (Å²) in [4.78, 5) is 28.6. The maximum atomic E-state index is 12.1. The highest BCUT2D eigenvalue weighted by molar-refractivity contribution is 7.99. The summed E-state index contributed by atoms with van der Waals surface area (Å²) in [5.41, 5.74) is 1.67. The topological polar surface area (TPSA) is 72.7 Å². The summed E-state index contributed by atoms with van der Waals surface area (Å²) in [6.45, 7) is 2.52. The number of nitrogens with zero attached hydrogens (tertiary/aromatic N) is 2. The maximum Gasteiger partial charge on any atom is 0.258 e. The van der Waals surface area contributed by atoms with Crippen molar-refractivity contribution < 1.29 is 9.53 Å². The molecule has 8 heteroatoms. The van der Waals surface area contributed by atoms with Gasteiger partial charge in [-0.2, -0.15) is 0 Å². The first-order valence-electron chi connectivity index (χ1n) is 8.33. The molecule has 140 valence electrons. The molecule has 2 heterocycles. The molecule has 0 spiro atoms. The highest BCUT2D eigenvalue weighted by atomic mass is 35.5. The number of hydrogen-bond acceptors (Lipinski definition) is 5. The smallest absolute Gasteiger partial charge is 0.258 e. The predicted molar refractivity (Wildman–Crippen MR) is 109 cm³/mol. The molecule has 0 saturated heterocycles. The second-order valence-electron chi connectivity index (χ2n) is 5.66. The van der Waals surface area contributed by atoms with Crippen molar-refractivity contribution in [2.24, 2.45) is 0 Å². The average Bonchev–Trinajstić information content (AvgIpc) is 2.64. The van der Waals surface area contributed by atoms with Crippen LogP contribution in [-0.2, 0) is 10.5 Å². The number of hydrogen-bond donors (Lipinski definition) is 1. The first-order valence-corrected chi connectivity index (χ1v) is 9.86. The van der Waals surface area contributed by atoms with Gasteiger partial charge in [-0.05, 0) is 43.3 Å². The highest BCUT2D eigenvalue weighted by Crippen LogP contribution is 2.17. The lowest BCUT2D eigenvalue weighted by atomic mass is 10.3. The molecule has 6 nitrogen and oxygen atoms in total. The molecule has 2 aromatic heterocycles. The Labute approximate surface area is 165 Å². The van der Waals surface area contributed by atoms with Crippen LogP contribution in [0.15, 0.2) is 53.5 Å². The molecule has 0 unspecified atom stereocenters. The molecule has 0 aliphatic carbocycles. The zero-order chi connectivity index (χ0) is 19.2. The fourth-order valence-corrected chi connectivity index (χ4v) is 3.32. The number of benzene rings is 1. The van der Waals surface area contributed by atoms with E-state index in [9.17, 15) is 9.59 Å². The molecule has 0 bridgehead atoms. The number of pyridine rings is 1. The molecular formula is C19H18ClN3O3S. The zero-order valence-corrected chi connectivity index (χ0v) is 16.2. The Morgan fingerprint density at radius 2 is 2.04 bits per heavy atom. The summed E-state index contributed by atoms with van der Waals surface area (Å²) in [5.74, 6) is 1.37. The number of rotatable bonds is 7. The molecule has 3 aromatic rings. The van der Waals surface area contributed by atoms with Crippen molar-refractivity contribution in [2.45, 2.75) is 12.7 Å². The average molecular weight is 404 g/mol. The Balaban J connectivity index is 1.54. The number of anilines is 1. The van der Waals surface area contributed by atoms with Crippen molar-refractivity contribution in [3.05, 3.63) is 69.7 Å². The van der Waals surface area contributed by atoms with Crippen LogP contribution in [0.25, 0.3) is 5.65 Å². The van der Waals surface area contributed by atoms with Crippen LogP contribution in [0, 0.1) is 0 Å². The second-order valence-corrected chi connectivity index (χ2v) is 7.08. The van der Waals surface area contributed by atoms with Crippen LogP contribution in [0.4, 0.5) is 5.69 Å². The van der Waals surface area contributed by atoms with E-state index >= 15 is 0 Å². The van der Waals surface area contributed by atoms with E-state index in [1.807, 2.05) is 19.1 Å². The number of ether oxygens (including phenoxy) is 1. The fourth-order valence-electron chi connectivity index (χ4n) is 2.45. The quantitative estimate of drug-likeness (QED) is 0.652. The summed E-state index contributed by atoms with van der Waals surface area (Å²) >= 11 is 7.29. The Morgan fingerprint density at radius 1 is 1.26 bits per heavy atom. The lowest BCUT2D eigenvalue weighted by molar-refractivity contribution is -0.113. The predicted octanol–water partition coefficient (Wildman–Crippen LogP) is 3.62. The standard InChI is InChI=1S/C19H18ClN3O3S/c1-2-26-16-6-4-14(5-7-16)22-18(24)12-27-11-15-9-19(25)23-10-13(20)3-8-17(23)21-15/h3-10H,2,11-12H2,1H3,(H,22,24). The van der Waals surface area contributed by atoms with Gasteiger partial charge in [-0.1, -0.05) is 11.6 Å². The van der Waals surface area contributed by atoms with Gasteiger partial charge in [-0.25, -0.2) is 4.98 Å². The van der Waals surface area contributed by atoms with Gasteiger partial charge in [0.2, 0.25) is 5.91 Å². The van der Waals surface area contributed by atoms with Crippen LogP contribution in [0.1, 0.15) is 12.6 Å². The summed E-state index contributed by atoms with van der Waals surface area (Å²) in [5, 5.41) is 3.30. The Bertz CT molecular complexity index is 1010. The van der Waals surface area contributed by atoms with E-state index in [0.29, 0.717) is 34.4 Å². The normalized spacial score (nSPS) is 10.7. The number of aromatic nitrogens is 2. The van der Waals surface area contributed by atoms with E-state index in [4.69, 9.17) is 16.3 Å². The molecule has 0 atom stereocenters. The van der Waals surface area contributed by atoms with E-state index in [1.54, 1.807) is 24.3 Å². The Hall–Kier alpha value is -2.51. The van der Waals surface area contributed by atoms with Crippen molar-refractivity contribution in [2.75, 3.05) is 17.7 Å². The molecule has 0 aliphatic heterocycles. The zero-order valence-electron chi connectivity index (χ0n) is 14.6. The number of amides is 1. The summed E-state index contributed by atoms with van der Waals surface area (Å²) in [6.07, 6.45) is 1.54. The molecule has 0 radical (unpaired) electrons. The summed E-state index contributed by atoms with van der Waals surface area (Å²) in [7, 11) is 0. The maximum absolute atomic E-state index is 12.1. The number of carbonyl (C=O) groups excluding carboxylic acids is 1. The molecule has 1 amide bonds. The number of thioether (sulfide) groups is 1. The van der Waals surface area contributed by atoms with Crippen LogP contribution in [0.3, 0.4) is 0 Å². The van der Waals surface area contributed by atoms with Crippen molar-refractivity contribution in [3.63, 3.8) is 0 Å². The summed E-state index contributed by atoms with van der Waals surface area (Å²) in [6, 6.07) is 12.0. The van der Waals surface area contributed by atoms with Crippen LogP contribution < -0.4 is 15.6 Å². The minimum Gasteiger partial charge on any atom is -0.494 e. The van der Waals surface area contributed by atoms with E-state index in [0.717, 1.165) is 5.75 Å². The molecular weight excluding hydrogens is 386 g/mol. The molecule has 3 rings (SSSR count). The SMILES string of the molecule is CCOc1ccc(NC(=O)CSCc2cc(=O)n3cc(Cl)ccc3n2)cc1. The van der Waals surface area contributed by atoms with Crippen molar-refractivity contribution in [1.82, 2.24) is 9.38 Å². The molecule has 1 aromatic carbocycles. The number of nitrogens with one attached hydrogen (secondary N) is 1. The minimum atomic E-state index is -0.197. The van der Waals surface area contributed by atoms with Crippen molar-refractivity contribution in [3.8, 4) is 5.75 Å². The van der Waals surface area contributed by atoms with Crippen LogP contribution in [0.5, 0.6) is 5.75 Å². The molecule has 0 fully saturated rings. The van der Waals surface area contributed by atoms with Crippen LogP contribution in [0.2, 0.25) is 5.02 Å². The van der Waals surface area contributed by atoms with Gasteiger partial charge in [-0.15, -0.1) is 11.8 Å². The van der Waals surface area contributed by atoms with Crippen LogP contribution >= 0.6 is 23.4 Å². The molecule has 0 aliphatic rings. The Morgan fingerprint density at radius 3 is 2.78 bits per heavy atom. The molecule has 0 saturated carbocycles. The monoisotopic (exact) mass is 403 g/mol. The van der Waals surface area contributed by atoms with E-state index < -0.39 is 0 Å². The van der Waals surface area contributed by atoms with Crippen molar-refractivity contribution in [1.29, 1.82) is 0 Å². The largest absolute Gasteiger partial charge is 0.494 e. The minimum absolute atomic E-state index is 0.117. The number of carbonyl (C=O) groups is 1. The van der Waals surface area contributed by atoms with Crippen LogP contribution in [-0.4, -0.2) is 27.7 Å². The van der Waals surface area contributed by atoms with Gasteiger partial charge in [-0.3, -0.25) is 14.0 Å². The van der Waals surface area contributed by atoms with E-state index in [1.165, 1.54) is 28.4 Å². The van der Waals surface area contributed by atoms with E-state index in [-0.39, 0.29) is 17.2 Å². The van der Waals surface area contributed by atoms with Crippen molar-refractivity contribution >= 4 is 40.6 Å². The lowest BCUT2D eigenvalue weighted by Gasteiger charge is -2.07. The number of halogens is 1. The first-order chi connectivity index (χ1) is 13.0. The highest BCUT2D eigenvalue weighted by Gasteiger charge is 2.06. The van der Waals surface area contributed by atoms with Gasteiger partial charge in [0, 0.05) is 23.7 Å². The van der Waals surface area contributed by atoms with Gasteiger partial charge in [0.1, 0.15) is 11.4 Å². The van der Waals surface area contributed by atoms with Gasteiger partial charge in [0.25, 0.3) is 5.56 Å². The number of fused-ring (bicyclic) bond motifs is 1. The third-order valence-electron chi connectivity index (χ3n) is 3.61.